The number of alkyl halides is 3. The summed E-state index contributed by atoms with van der Waals surface area (Å²) in [4.78, 5) is 19.8. The molecular formula is C31H30F3N3O2. The van der Waals surface area contributed by atoms with E-state index in [0.717, 1.165) is 11.6 Å². The summed E-state index contributed by atoms with van der Waals surface area (Å²) < 4.78 is 47.8. The zero-order chi connectivity index (χ0) is 28.6. The lowest BCUT2D eigenvalue weighted by Crippen LogP contribution is -2.27. The van der Waals surface area contributed by atoms with E-state index in [1.54, 1.807) is 26.8 Å². The van der Waals surface area contributed by atoms with Gasteiger partial charge in [-0.15, -0.1) is 0 Å². The van der Waals surface area contributed by atoms with Crippen LogP contribution in [0.1, 0.15) is 64.1 Å². The summed E-state index contributed by atoms with van der Waals surface area (Å²) in [5.74, 6) is 0.408. The summed E-state index contributed by atoms with van der Waals surface area (Å²) in [6.45, 7) is 11.5. The zero-order valence-electron chi connectivity index (χ0n) is 22.7. The lowest BCUT2D eigenvalue weighted by atomic mass is 9.87. The first-order chi connectivity index (χ1) is 18.1. The zero-order valence-corrected chi connectivity index (χ0v) is 22.7. The molecule has 0 unspecified atom stereocenters. The molecule has 3 aromatic carbocycles. The van der Waals surface area contributed by atoms with Crippen LogP contribution in [0.2, 0.25) is 0 Å². The van der Waals surface area contributed by atoms with E-state index < -0.39 is 23.4 Å². The van der Waals surface area contributed by atoms with Crippen molar-refractivity contribution in [3.05, 3.63) is 83.2 Å². The van der Waals surface area contributed by atoms with Gasteiger partial charge in [-0.3, -0.25) is 5.32 Å². The van der Waals surface area contributed by atoms with Gasteiger partial charge in [0.1, 0.15) is 11.4 Å². The predicted molar refractivity (Wildman–Crippen MR) is 148 cm³/mol. The molecule has 0 aliphatic rings. The Morgan fingerprint density at radius 2 is 1.69 bits per heavy atom. The third kappa shape index (κ3) is 6.80. The van der Waals surface area contributed by atoms with E-state index in [4.69, 9.17) is 4.74 Å². The van der Waals surface area contributed by atoms with Crippen molar-refractivity contribution in [1.82, 2.24) is 9.97 Å². The largest absolute Gasteiger partial charge is 0.444 e. The van der Waals surface area contributed by atoms with Crippen LogP contribution in [0.5, 0.6) is 0 Å². The summed E-state index contributed by atoms with van der Waals surface area (Å²) in [6, 6.07) is 18.7. The van der Waals surface area contributed by atoms with Crippen LogP contribution >= 0.6 is 0 Å². The number of amides is 1. The van der Waals surface area contributed by atoms with E-state index in [9.17, 15) is 18.0 Å². The number of H-pyrrole nitrogens is 1. The van der Waals surface area contributed by atoms with Gasteiger partial charge in [0.15, 0.2) is 0 Å². The number of nitrogens with zero attached hydrogens (tertiary/aromatic N) is 1. The molecule has 1 aromatic heterocycles. The molecule has 4 aromatic rings. The van der Waals surface area contributed by atoms with Crippen molar-refractivity contribution in [1.29, 1.82) is 0 Å². The minimum absolute atomic E-state index is 0.0246. The molecule has 0 saturated heterocycles. The maximum Gasteiger partial charge on any atom is 0.417 e. The molecule has 0 bridgehead atoms. The first-order valence-corrected chi connectivity index (χ1v) is 12.4. The van der Waals surface area contributed by atoms with Crippen LogP contribution < -0.4 is 5.32 Å². The highest BCUT2D eigenvalue weighted by Crippen LogP contribution is 2.41. The fourth-order valence-electron chi connectivity index (χ4n) is 3.99. The second-order valence-electron chi connectivity index (χ2n) is 11.3. The molecule has 2 N–H and O–H groups in total. The summed E-state index contributed by atoms with van der Waals surface area (Å²) in [5.41, 5.74) is 1.02. The summed E-state index contributed by atoms with van der Waals surface area (Å²) >= 11 is 0. The molecule has 0 spiro atoms. The van der Waals surface area contributed by atoms with Crippen molar-refractivity contribution >= 4 is 35.0 Å². The number of aromatic amines is 1. The molecular weight excluding hydrogens is 503 g/mol. The molecule has 39 heavy (non-hydrogen) atoms. The Kier molecular flexibility index (Phi) is 7.22. The minimum atomic E-state index is -4.67. The molecule has 1 amide bonds. The van der Waals surface area contributed by atoms with E-state index >= 15 is 0 Å². The quantitative estimate of drug-likeness (QED) is 0.276. The van der Waals surface area contributed by atoms with Crippen LogP contribution in [0.4, 0.5) is 23.7 Å². The van der Waals surface area contributed by atoms with Gasteiger partial charge < -0.3 is 9.72 Å². The number of carbonyl (C=O) groups is 1. The van der Waals surface area contributed by atoms with Crippen molar-refractivity contribution in [2.45, 2.75) is 58.7 Å². The van der Waals surface area contributed by atoms with Crippen LogP contribution in [0.3, 0.4) is 0 Å². The molecule has 0 atom stereocenters. The van der Waals surface area contributed by atoms with Gasteiger partial charge in [0.25, 0.3) is 0 Å². The molecule has 1 heterocycles. The Balaban J connectivity index is 1.72. The van der Waals surface area contributed by atoms with Crippen molar-refractivity contribution in [2.75, 3.05) is 5.32 Å². The van der Waals surface area contributed by atoms with Crippen molar-refractivity contribution in [3.63, 3.8) is 0 Å². The number of benzene rings is 2. The number of halogens is 3. The highest BCUT2D eigenvalue weighted by molar-refractivity contribution is 5.94. The molecule has 0 radical (unpaired) electrons. The van der Waals surface area contributed by atoms with Crippen molar-refractivity contribution in [2.24, 2.45) is 0 Å². The number of nitrogens with one attached hydrogen (secondary N) is 2. The molecule has 8 heteroatoms. The fraction of sp³-hybridized carbons (Fsp3) is 0.290. The number of hydrogen-bond donors (Lipinski definition) is 2. The topological polar surface area (TPSA) is 67.0 Å². The first-order valence-electron chi connectivity index (χ1n) is 12.4. The van der Waals surface area contributed by atoms with Gasteiger partial charge in [-0.05, 0) is 67.7 Å². The fourth-order valence-corrected chi connectivity index (χ4v) is 3.99. The SMILES string of the molecule is CC(C)(C)OC(=O)Nc1ccc#cc1-c1cc2nc(/C=C/c3ccc(C(C)(C)C)cc3)[nH]c2cc1C(F)(F)F. The Labute approximate surface area is 226 Å². The van der Waals surface area contributed by atoms with Crippen LogP contribution in [-0.2, 0) is 16.3 Å². The van der Waals surface area contributed by atoms with Gasteiger partial charge in [0.2, 0.25) is 0 Å². The van der Waals surface area contributed by atoms with Crippen LogP contribution in [0.15, 0.2) is 48.5 Å². The van der Waals surface area contributed by atoms with E-state index in [1.165, 1.54) is 23.8 Å². The monoisotopic (exact) mass is 533 g/mol. The lowest BCUT2D eigenvalue weighted by molar-refractivity contribution is -0.137. The van der Waals surface area contributed by atoms with E-state index in [2.05, 4.69) is 60.3 Å². The molecule has 0 fully saturated rings. The van der Waals surface area contributed by atoms with Crippen molar-refractivity contribution < 1.29 is 22.7 Å². The maximum atomic E-state index is 14.2. The molecule has 0 saturated carbocycles. The number of imidazole rings is 1. The molecule has 4 rings (SSSR count). The number of rotatable bonds is 4. The summed E-state index contributed by atoms with van der Waals surface area (Å²) in [5, 5.41) is 2.53. The first kappa shape index (κ1) is 27.8. The van der Waals surface area contributed by atoms with E-state index in [0.29, 0.717) is 11.3 Å². The third-order valence-corrected chi connectivity index (χ3v) is 5.86. The molecule has 0 aliphatic carbocycles. The van der Waals surface area contributed by atoms with E-state index in [-0.39, 0.29) is 27.7 Å². The third-order valence-electron chi connectivity index (χ3n) is 5.86. The maximum absolute atomic E-state index is 14.2. The second kappa shape index (κ2) is 10.1. The Hall–Kier alpha value is -4.25. The number of aromatic nitrogens is 2. The van der Waals surface area contributed by atoms with Gasteiger partial charge in [-0.1, -0.05) is 63.2 Å². The Morgan fingerprint density at radius 1 is 1.00 bits per heavy atom. The van der Waals surface area contributed by atoms with Gasteiger partial charge >= 0.3 is 12.3 Å². The van der Waals surface area contributed by atoms with Gasteiger partial charge in [0.05, 0.1) is 27.8 Å². The number of carbonyl (C=O) groups excluding carboxylic acids is 1. The van der Waals surface area contributed by atoms with Crippen molar-refractivity contribution in [3.8, 4) is 11.1 Å². The molecule has 5 nitrogen and oxygen atoms in total. The highest BCUT2D eigenvalue weighted by Gasteiger charge is 2.35. The van der Waals surface area contributed by atoms with Gasteiger partial charge in [-0.2, -0.15) is 13.2 Å². The summed E-state index contributed by atoms with van der Waals surface area (Å²) in [7, 11) is 0. The number of fused-ring (bicyclic) bond motifs is 1. The number of anilines is 1. The summed E-state index contributed by atoms with van der Waals surface area (Å²) in [6.07, 6.45) is -1.90. The predicted octanol–water partition coefficient (Wildman–Crippen LogP) is 8.66. The second-order valence-corrected chi connectivity index (χ2v) is 11.3. The molecule has 0 aliphatic heterocycles. The van der Waals surface area contributed by atoms with Crippen LogP contribution in [0.25, 0.3) is 34.3 Å². The van der Waals surface area contributed by atoms with Crippen LogP contribution in [0, 0.1) is 12.1 Å². The van der Waals surface area contributed by atoms with Crippen LogP contribution in [-0.4, -0.2) is 21.7 Å². The van der Waals surface area contributed by atoms with E-state index in [1.807, 2.05) is 18.2 Å². The number of hydrogen-bond acceptors (Lipinski definition) is 3. The lowest BCUT2D eigenvalue weighted by Gasteiger charge is -2.20. The standard InChI is InChI=1S/C31H30F3N3O2/c1-29(2,3)20-14-11-19(12-15-20)13-16-27-35-25-17-22(23(31(32,33)34)18-26(25)36-27)21-9-7-8-10-24(21)37-28(38)39-30(4,5)6/h8,10-18H,1-6H3,(H,35,36)(H,37,38)/b16-13+. The average Bonchev–Trinajstić information content (AvgIpc) is 3.22. The average molecular weight is 534 g/mol. The van der Waals surface area contributed by atoms with Gasteiger partial charge in [-0.25, -0.2) is 9.78 Å². The van der Waals surface area contributed by atoms with Gasteiger partial charge in [0, 0.05) is 5.56 Å². The number of ether oxygens (including phenoxy) is 1. The highest BCUT2D eigenvalue weighted by atomic mass is 19.4. The molecule has 202 valence electrons. The Bertz CT molecular complexity index is 1520. The Morgan fingerprint density at radius 3 is 2.31 bits per heavy atom. The smallest absolute Gasteiger partial charge is 0.417 e. The minimum Gasteiger partial charge on any atom is -0.444 e. The normalized spacial score (nSPS) is 12.5.